The number of hydrogen-bond acceptors (Lipinski definition) is 3. The Morgan fingerprint density at radius 2 is 2.33 bits per heavy atom. The lowest BCUT2D eigenvalue weighted by Gasteiger charge is -2.31. The predicted molar refractivity (Wildman–Crippen MR) is 74.7 cm³/mol. The summed E-state index contributed by atoms with van der Waals surface area (Å²) in [7, 11) is 0. The van der Waals surface area contributed by atoms with Crippen LogP contribution in [0, 0.1) is 0 Å². The van der Waals surface area contributed by atoms with E-state index in [1.54, 1.807) is 0 Å². The monoisotopic (exact) mass is 247 g/mol. The van der Waals surface area contributed by atoms with Crippen LogP contribution in [0.5, 0.6) is 0 Å². The SMILES string of the molecule is CCNC(=O)CCN1CCCc2cc(N)ccc21. The summed E-state index contributed by atoms with van der Waals surface area (Å²) < 4.78 is 0. The third-order valence-electron chi connectivity index (χ3n) is 3.30. The van der Waals surface area contributed by atoms with Gasteiger partial charge in [-0.3, -0.25) is 4.79 Å². The fraction of sp³-hybridized carbons (Fsp3) is 0.500. The van der Waals surface area contributed by atoms with Gasteiger partial charge in [-0.25, -0.2) is 0 Å². The normalized spacial score (nSPS) is 14.2. The Labute approximate surface area is 108 Å². The summed E-state index contributed by atoms with van der Waals surface area (Å²) in [6, 6.07) is 6.05. The fourth-order valence-electron chi connectivity index (χ4n) is 2.45. The van der Waals surface area contributed by atoms with Crippen molar-refractivity contribution in [3.05, 3.63) is 23.8 Å². The first-order valence-electron chi connectivity index (χ1n) is 6.60. The number of nitrogens with two attached hydrogens (primary N) is 1. The van der Waals surface area contributed by atoms with Crippen LogP contribution in [-0.4, -0.2) is 25.5 Å². The van der Waals surface area contributed by atoms with Crippen LogP contribution in [0.15, 0.2) is 18.2 Å². The Kier molecular flexibility index (Phi) is 4.07. The number of nitrogens with zero attached hydrogens (tertiary/aromatic N) is 1. The topological polar surface area (TPSA) is 58.4 Å². The van der Waals surface area contributed by atoms with Gasteiger partial charge in [-0.1, -0.05) is 0 Å². The summed E-state index contributed by atoms with van der Waals surface area (Å²) in [5, 5.41) is 2.83. The highest BCUT2D eigenvalue weighted by Crippen LogP contribution is 2.28. The molecular formula is C14H21N3O. The number of nitrogen functional groups attached to an aromatic ring is 1. The van der Waals surface area contributed by atoms with Crippen molar-refractivity contribution in [2.75, 3.05) is 30.3 Å². The van der Waals surface area contributed by atoms with E-state index in [4.69, 9.17) is 5.73 Å². The molecular weight excluding hydrogens is 226 g/mol. The van der Waals surface area contributed by atoms with E-state index in [-0.39, 0.29) is 5.91 Å². The number of carbonyl (C=O) groups excluding carboxylic acids is 1. The molecule has 18 heavy (non-hydrogen) atoms. The number of aryl methyl sites for hydroxylation is 1. The molecule has 2 rings (SSSR count). The largest absolute Gasteiger partial charge is 0.399 e. The van der Waals surface area contributed by atoms with Crippen molar-refractivity contribution in [3.8, 4) is 0 Å². The van der Waals surface area contributed by atoms with Gasteiger partial charge in [0, 0.05) is 37.4 Å². The first-order valence-corrected chi connectivity index (χ1v) is 6.60. The molecule has 0 fully saturated rings. The van der Waals surface area contributed by atoms with Crippen molar-refractivity contribution in [2.24, 2.45) is 0 Å². The summed E-state index contributed by atoms with van der Waals surface area (Å²) >= 11 is 0. The van der Waals surface area contributed by atoms with Gasteiger partial charge in [-0.2, -0.15) is 0 Å². The highest BCUT2D eigenvalue weighted by atomic mass is 16.1. The van der Waals surface area contributed by atoms with Gasteiger partial charge in [0.15, 0.2) is 0 Å². The molecule has 0 spiro atoms. The average molecular weight is 247 g/mol. The minimum atomic E-state index is 0.125. The standard InChI is InChI=1S/C14H21N3O/c1-2-16-14(18)7-9-17-8-3-4-11-10-12(15)5-6-13(11)17/h5-6,10H,2-4,7-9,15H2,1H3,(H,16,18). The van der Waals surface area contributed by atoms with E-state index in [1.165, 1.54) is 11.3 Å². The minimum Gasteiger partial charge on any atom is -0.399 e. The van der Waals surface area contributed by atoms with Crippen molar-refractivity contribution in [3.63, 3.8) is 0 Å². The van der Waals surface area contributed by atoms with Crippen LogP contribution in [0.25, 0.3) is 0 Å². The van der Waals surface area contributed by atoms with Gasteiger partial charge >= 0.3 is 0 Å². The van der Waals surface area contributed by atoms with E-state index in [0.717, 1.165) is 31.6 Å². The second kappa shape index (κ2) is 5.76. The van der Waals surface area contributed by atoms with Crippen molar-refractivity contribution in [2.45, 2.75) is 26.2 Å². The Bertz CT molecular complexity index is 431. The lowest BCUT2D eigenvalue weighted by Crippen LogP contribution is -2.34. The Balaban J connectivity index is 2.01. The lowest BCUT2D eigenvalue weighted by molar-refractivity contribution is -0.120. The van der Waals surface area contributed by atoms with Crippen LogP contribution in [0.1, 0.15) is 25.3 Å². The molecule has 4 nitrogen and oxygen atoms in total. The Morgan fingerprint density at radius 1 is 1.50 bits per heavy atom. The number of carbonyl (C=O) groups is 1. The Hall–Kier alpha value is -1.71. The third-order valence-corrected chi connectivity index (χ3v) is 3.30. The predicted octanol–water partition coefficient (Wildman–Crippen LogP) is 1.55. The molecule has 1 heterocycles. The summed E-state index contributed by atoms with van der Waals surface area (Å²) in [5.74, 6) is 0.125. The molecule has 0 saturated carbocycles. The lowest BCUT2D eigenvalue weighted by atomic mass is 10.0. The van der Waals surface area contributed by atoms with Crippen LogP contribution in [0.2, 0.25) is 0 Å². The van der Waals surface area contributed by atoms with Crippen LogP contribution >= 0.6 is 0 Å². The number of amides is 1. The summed E-state index contributed by atoms with van der Waals surface area (Å²) in [4.78, 5) is 13.8. The van der Waals surface area contributed by atoms with Gasteiger partial charge in [0.1, 0.15) is 0 Å². The van der Waals surface area contributed by atoms with Gasteiger partial charge in [-0.05, 0) is 43.5 Å². The van der Waals surface area contributed by atoms with Crippen LogP contribution in [-0.2, 0) is 11.2 Å². The maximum atomic E-state index is 11.5. The van der Waals surface area contributed by atoms with E-state index in [2.05, 4.69) is 16.3 Å². The second-order valence-electron chi connectivity index (χ2n) is 4.68. The molecule has 98 valence electrons. The molecule has 1 aromatic carbocycles. The van der Waals surface area contributed by atoms with Crippen molar-refractivity contribution >= 4 is 17.3 Å². The number of anilines is 2. The highest BCUT2D eigenvalue weighted by molar-refractivity contribution is 5.76. The first-order chi connectivity index (χ1) is 8.70. The smallest absolute Gasteiger partial charge is 0.221 e. The van der Waals surface area contributed by atoms with E-state index in [9.17, 15) is 4.79 Å². The number of hydrogen-bond donors (Lipinski definition) is 2. The van der Waals surface area contributed by atoms with Gasteiger partial charge in [-0.15, -0.1) is 0 Å². The van der Waals surface area contributed by atoms with Crippen molar-refractivity contribution in [1.82, 2.24) is 5.32 Å². The molecule has 1 aromatic rings. The summed E-state index contributed by atoms with van der Waals surface area (Å²) in [5.41, 5.74) is 9.16. The quantitative estimate of drug-likeness (QED) is 0.794. The second-order valence-corrected chi connectivity index (χ2v) is 4.68. The van der Waals surface area contributed by atoms with E-state index >= 15 is 0 Å². The van der Waals surface area contributed by atoms with Crippen LogP contribution in [0.3, 0.4) is 0 Å². The molecule has 3 N–H and O–H groups in total. The average Bonchev–Trinajstić information content (AvgIpc) is 2.36. The number of rotatable bonds is 4. The van der Waals surface area contributed by atoms with E-state index in [1.807, 2.05) is 19.1 Å². The molecule has 0 bridgehead atoms. The molecule has 0 atom stereocenters. The van der Waals surface area contributed by atoms with Crippen LogP contribution < -0.4 is 16.0 Å². The zero-order valence-corrected chi connectivity index (χ0v) is 10.9. The summed E-state index contributed by atoms with van der Waals surface area (Å²) in [6.07, 6.45) is 2.77. The fourth-order valence-corrected chi connectivity index (χ4v) is 2.45. The van der Waals surface area contributed by atoms with Crippen molar-refractivity contribution in [1.29, 1.82) is 0 Å². The van der Waals surface area contributed by atoms with Gasteiger partial charge in [0.2, 0.25) is 5.91 Å². The third kappa shape index (κ3) is 2.94. The number of nitrogens with one attached hydrogen (secondary N) is 1. The van der Waals surface area contributed by atoms with Crippen molar-refractivity contribution < 1.29 is 4.79 Å². The Morgan fingerprint density at radius 3 is 3.11 bits per heavy atom. The van der Waals surface area contributed by atoms with Gasteiger partial charge in [0.05, 0.1) is 0 Å². The zero-order valence-electron chi connectivity index (χ0n) is 10.9. The molecule has 1 amide bonds. The number of fused-ring (bicyclic) bond motifs is 1. The molecule has 4 heteroatoms. The molecule has 0 aliphatic carbocycles. The minimum absolute atomic E-state index is 0.125. The highest BCUT2D eigenvalue weighted by Gasteiger charge is 2.17. The molecule has 1 aliphatic rings. The molecule has 0 unspecified atom stereocenters. The van der Waals surface area contributed by atoms with Gasteiger partial charge < -0.3 is 16.0 Å². The first kappa shape index (κ1) is 12.7. The number of benzene rings is 1. The maximum Gasteiger partial charge on any atom is 0.221 e. The molecule has 0 radical (unpaired) electrons. The molecule has 0 saturated heterocycles. The van der Waals surface area contributed by atoms with E-state index < -0.39 is 0 Å². The zero-order chi connectivity index (χ0) is 13.0. The van der Waals surface area contributed by atoms with Gasteiger partial charge in [0.25, 0.3) is 0 Å². The van der Waals surface area contributed by atoms with Crippen LogP contribution in [0.4, 0.5) is 11.4 Å². The van der Waals surface area contributed by atoms with E-state index in [0.29, 0.717) is 13.0 Å². The summed E-state index contributed by atoms with van der Waals surface area (Å²) in [6.45, 7) is 4.45. The maximum absolute atomic E-state index is 11.5. The molecule has 0 aromatic heterocycles. The molecule has 1 aliphatic heterocycles.